The van der Waals surface area contributed by atoms with Crippen molar-refractivity contribution in [2.45, 2.75) is 71.4 Å². The summed E-state index contributed by atoms with van der Waals surface area (Å²) in [6, 6.07) is 25.1. The van der Waals surface area contributed by atoms with Crippen LogP contribution in [0.2, 0.25) is 16.6 Å². The van der Waals surface area contributed by atoms with E-state index < -0.39 is 8.24 Å². The maximum Gasteiger partial charge on any atom is 0.169 e. The number of rotatable bonds is 10. The number of ether oxygens (including phenoxy) is 2. The smallest absolute Gasteiger partial charge is 0.169 e. The molecule has 0 atom stereocenters. The Labute approximate surface area is 231 Å². The fourth-order valence-electron chi connectivity index (χ4n) is 6.04. The summed E-state index contributed by atoms with van der Waals surface area (Å²) in [5.41, 5.74) is 5.36. The second-order valence-corrected chi connectivity index (χ2v) is 17.4. The molecule has 0 bridgehead atoms. The Morgan fingerprint density at radius 1 is 0.694 bits per heavy atom. The highest BCUT2D eigenvalue weighted by Gasteiger charge is 2.46. The number of hydrogen-bond acceptors (Lipinski definition) is 2. The third-order valence-corrected chi connectivity index (χ3v) is 15.1. The van der Waals surface area contributed by atoms with Gasteiger partial charge in [0.15, 0.2) is 19.7 Å². The molecule has 0 fully saturated rings. The van der Waals surface area contributed by atoms with Gasteiger partial charge in [0.2, 0.25) is 0 Å². The summed E-state index contributed by atoms with van der Waals surface area (Å²) in [7, 11) is -1.93. The molecule has 1 heterocycles. The van der Waals surface area contributed by atoms with Gasteiger partial charge in [-0.3, -0.25) is 0 Å². The lowest BCUT2D eigenvalue weighted by Crippen LogP contribution is -2.51. The zero-order valence-corrected chi connectivity index (χ0v) is 25.5. The second kappa shape index (κ2) is 11.4. The molecule has 0 aliphatic heterocycles. The van der Waals surface area contributed by atoms with Gasteiger partial charge in [-0.1, -0.05) is 102 Å². The molecule has 0 aliphatic carbocycles. The van der Waals surface area contributed by atoms with E-state index in [0.717, 1.165) is 22.6 Å². The highest BCUT2D eigenvalue weighted by molar-refractivity contribution is 14.1. The van der Waals surface area contributed by atoms with E-state index in [9.17, 15) is 0 Å². The first-order chi connectivity index (χ1) is 17.2. The van der Waals surface area contributed by atoms with E-state index in [1.165, 1.54) is 14.5 Å². The molecule has 0 unspecified atom stereocenters. The monoisotopic (exact) mass is 611 g/mol. The van der Waals surface area contributed by atoms with Gasteiger partial charge in [0.1, 0.15) is 13.2 Å². The Bertz CT molecular complexity index is 1260. The number of hydrogen-bond donors (Lipinski definition) is 0. The summed E-state index contributed by atoms with van der Waals surface area (Å²) in [5, 5.41) is 1.24. The van der Waals surface area contributed by atoms with E-state index in [1.54, 1.807) is 0 Å². The fraction of sp³-hybridized carbons (Fsp3) is 0.355. The predicted molar refractivity (Wildman–Crippen MR) is 163 cm³/mol. The minimum Gasteiger partial charge on any atom is -0.485 e. The standard InChI is InChI=1S/C31H38INO2Si/c1-22(2)36(23(3)4,24(5)6)33-19-28(32)27-17-30(34-20-25-13-9-7-10-14-25)31(18-29(27)33)35-21-26-15-11-8-12-16-26/h7-19,22-24H,20-21H2,1-6H3. The molecular formula is C31H38INO2Si. The van der Waals surface area contributed by atoms with Crippen LogP contribution in [0.15, 0.2) is 79.0 Å². The molecule has 0 amide bonds. The van der Waals surface area contributed by atoms with Gasteiger partial charge >= 0.3 is 0 Å². The second-order valence-electron chi connectivity index (χ2n) is 10.6. The van der Waals surface area contributed by atoms with E-state index in [4.69, 9.17) is 9.47 Å². The van der Waals surface area contributed by atoms with Crippen molar-refractivity contribution in [1.29, 1.82) is 0 Å². The first-order valence-electron chi connectivity index (χ1n) is 12.9. The lowest BCUT2D eigenvalue weighted by molar-refractivity contribution is 0.256. The summed E-state index contributed by atoms with van der Waals surface area (Å²) in [6.07, 6.45) is 2.39. The molecule has 3 nitrogen and oxygen atoms in total. The van der Waals surface area contributed by atoms with Crippen molar-refractivity contribution in [3.63, 3.8) is 0 Å². The van der Waals surface area contributed by atoms with Gasteiger partial charge in [0.25, 0.3) is 0 Å². The van der Waals surface area contributed by atoms with Crippen LogP contribution in [0.4, 0.5) is 0 Å². The Morgan fingerprint density at radius 3 is 1.58 bits per heavy atom. The summed E-state index contributed by atoms with van der Waals surface area (Å²) in [4.78, 5) is 0. The minimum absolute atomic E-state index is 0.507. The molecule has 0 radical (unpaired) electrons. The van der Waals surface area contributed by atoms with Crippen molar-refractivity contribution in [2.75, 3.05) is 0 Å². The molecule has 4 aromatic rings. The summed E-state index contributed by atoms with van der Waals surface area (Å²) in [5.74, 6) is 1.60. The molecular weight excluding hydrogens is 573 g/mol. The summed E-state index contributed by atoms with van der Waals surface area (Å²) >= 11 is 2.49. The van der Waals surface area contributed by atoms with Crippen LogP contribution in [-0.2, 0) is 13.2 Å². The lowest BCUT2D eigenvalue weighted by Gasteiger charge is -2.44. The third-order valence-electron chi connectivity index (χ3n) is 7.49. The highest BCUT2D eigenvalue weighted by atomic mass is 127. The van der Waals surface area contributed by atoms with Crippen molar-refractivity contribution in [3.8, 4) is 11.5 Å². The molecule has 0 saturated heterocycles. The molecule has 0 saturated carbocycles. The highest BCUT2D eigenvalue weighted by Crippen LogP contribution is 2.46. The molecule has 4 rings (SSSR count). The number of benzene rings is 3. The Kier molecular flexibility index (Phi) is 8.51. The first-order valence-corrected chi connectivity index (χ1v) is 16.2. The quantitative estimate of drug-likeness (QED) is 0.132. The fourth-order valence-corrected chi connectivity index (χ4v) is 13.6. The van der Waals surface area contributed by atoms with Crippen LogP contribution >= 0.6 is 22.6 Å². The molecule has 3 aromatic carbocycles. The van der Waals surface area contributed by atoms with Crippen LogP contribution < -0.4 is 9.47 Å². The van der Waals surface area contributed by atoms with Crippen LogP contribution in [0.1, 0.15) is 52.7 Å². The van der Waals surface area contributed by atoms with Crippen molar-refractivity contribution >= 4 is 41.7 Å². The largest absolute Gasteiger partial charge is 0.485 e. The number of halogens is 1. The zero-order valence-electron chi connectivity index (χ0n) is 22.3. The SMILES string of the molecule is CC(C)[Si](C(C)C)(C(C)C)n1cc(I)c2cc(OCc3ccccc3)c(OCc3ccccc3)cc21. The molecule has 0 aliphatic rings. The van der Waals surface area contributed by atoms with Gasteiger partial charge in [-0.2, -0.15) is 0 Å². The van der Waals surface area contributed by atoms with Crippen molar-refractivity contribution < 1.29 is 9.47 Å². The normalized spacial score (nSPS) is 12.2. The van der Waals surface area contributed by atoms with Gasteiger partial charge in [-0.05, 0) is 56.4 Å². The summed E-state index contributed by atoms with van der Waals surface area (Å²) in [6.45, 7) is 15.5. The summed E-state index contributed by atoms with van der Waals surface area (Å²) < 4.78 is 16.8. The average Bonchev–Trinajstić information content (AvgIpc) is 3.17. The maximum atomic E-state index is 6.45. The maximum absolute atomic E-state index is 6.45. The Hall–Kier alpha value is -2.25. The van der Waals surface area contributed by atoms with Gasteiger partial charge in [-0.15, -0.1) is 0 Å². The minimum atomic E-state index is -1.93. The lowest BCUT2D eigenvalue weighted by atomic mass is 10.2. The van der Waals surface area contributed by atoms with Crippen molar-refractivity contribution in [3.05, 3.63) is 93.7 Å². The molecule has 190 valence electrons. The van der Waals surface area contributed by atoms with Gasteiger partial charge in [0, 0.05) is 26.7 Å². The average molecular weight is 612 g/mol. The first kappa shape index (κ1) is 26.8. The Balaban J connectivity index is 1.83. The molecule has 0 N–H and O–H groups in total. The predicted octanol–water partition coefficient (Wildman–Crippen LogP) is 9.43. The molecule has 1 aromatic heterocycles. The van der Waals surface area contributed by atoms with Crippen LogP contribution in [0.3, 0.4) is 0 Å². The number of nitrogens with zero attached hydrogens (tertiary/aromatic N) is 1. The molecule has 0 spiro atoms. The van der Waals surface area contributed by atoms with Crippen molar-refractivity contribution in [2.24, 2.45) is 0 Å². The van der Waals surface area contributed by atoms with E-state index in [-0.39, 0.29) is 0 Å². The zero-order chi connectivity index (χ0) is 25.9. The third kappa shape index (κ3) is 5.23. The van der Waals surface area contributed by atoms with Gasteiger partial charge in [0.05, 0.1) is 0 Å². The van der Waals surface area contributed by atoms with Crippen molar-refractivity contribution in [1.82, 2.24) is 4.23 Å². The van der Waals surface area contributed by atoms with Gasteiger partial charge < -0.3 is 13.7 Å². The molecule has 5 heteroatoms. The van der Waals surface area contributed by atoms with Crippen LogP contribution in [0, 0.1) is 3.57 Å². The van der Waals surface area contributed by atoms with E-state index in [1.807, 2.05) is 24.3 Å². The Morgan fingerprint density at radius 2 is 1.14 bits per heavy atom. The van der Waals surface area contributed by atoms with Crippen LogP contribution in [-0.4, -0.2) is 12.5 Å². The van der Waals surface area contributed by atoms with Gasteiger partial charge in [-0.25, -0.2) is 0 Å². The molecule has 36 heavy (non-hydrogen) atoms. The van der Waals surface area contributed by atoms with E-state index >= 15 is 0 Å². The van der Waals surface area contributed by atoms with E-state index in [2.05, 4.69) is 123 Å². The number of fused-ring (bicyclic) bond motifs is 1. The van der Waals surface area contributed by atoms with E-state index in [0.29, 0.717) is 29.8 Å². The number of aromatic nitrogens is 1. The topological polar surface area (TPSA) is 23.4 Å². The van der Waals surface area contributed by atoms with Crippen LogP contribution in [0.5, 0.6) is 11.5 Å². The van der Waals surface area contributed by atoms with Crippen LogP contribution in [0.25, 0.3) is 10.9 Å².